The van der Waals surface area contributed by atoms with Gasteiger partial charge in [0.05, 0.1) is 12.9 Å². The highest BCUT2D eigenvalue weighted by molar-refractivity contribution is 5.99. The van der Waals surface area contributed by atoms with Crippen LogP contribution in [0.15, 0.2) is 11.8 Å². The molecular weight excluding hydrogens is 184 g/mol. The van der Waals surface area contributed by atoms with E-state index in [4.69, 9.17) is 9.84 Å². The predicted molar refractivity (Wildman–Crippen MR) is 47.6 cm³/mol. The van der Waals surface area contributed by atoms with Gasteiger partial charge in [-0.25, -0.2) is 0 Å². The third-order valence-electron chi connectivity index (χ3n) is 2.96. The second kappa shape index (κ2) is 3.12. The number of hydrogen-bond acceptors (Lipinski definition) is 3. The summed E-state index contributed by atoms with van der Waals surface area (Å²) in [6.07, 6.45) is 3.38. The minimum atomic E-state index is -0.933. The third-order valence-corrected chi connectivity index (χ3v) is 2.96. The zero-order valence-corrected chi connectivity index (χ0v) is 7.78. The zero-order chi connectivity index (χ0) is 10.2. The summed E-state index contributed by atoms with van der Waals surface area (Å²) in [7, 11) is 0. The van der Waals surface area contributed by atoms with Gasteiger partial charge in [-0.2, -0.15) is 0 Å². The first-order chi connectivity index (χ1) is 6.65. The van der Waals surface area contributed by atoms with Gasteiger partial charge in [0.1, 0.15) is 11.2 Å². The van der Waals surface area contributed by atoms with Gasteiger partial charge in [0, 0.05) is 12.8 Å². The number of aliphatic carboxylic acids is 1. The van der Waals surface area contributed by atoms with E-state index in [1.54, 1.807) is 0 Å². The molecule has 1 aliphatic heterocycles. The first-order valence-corrected chi connectivity index (χ1v) is 4.71. The van der Waals surface area contributed by atoms with E-state index in [0.29, 0.717) is 6.61 Å². The summed E-state index contributed by atoms with van der Waals surface area (Å²) in [4.78, 5) is 22.0. The smallest absolute Gasteiger partial charge is 0.314 e. The molecule has 0 spiro atoms. The highest BCUT2D eigenvalue weighted by atomic mass is 16.5. The monoisotopic (exact) mass is 196 g/mol. The molecule has 0 saturated heterocycles. The molecule has 0 aromatic rings. The van der Waals surface area contributed by atoms with Crippen molar-refractivity contribution < 1.29 is 19.4 Å². The Hall–Kier alpha value is -1.32. The highest BCUT2D eigenvalue weighted by Crippen LogP contribution is 2.47. The number of Topliss-reactive ketones (excluding diaryl/α,β-unsaturated/α-hetero) is 1. The number of carbonyl (C=O) groups excluding carboxylic acids is 1. The SMILES string of the molecule is O=C1CC(C(=O)O)(C2=COCCC2)C1. The Balaban J connectivity index is 2.23. The van der Waals surface area contributed by atoms with Crippen LogP contribution in [0.3, 0.4) is 0 Å². The lowest BCUT2D eigenvalue weighted by molar-refractivity contribution is -0.157. The lowest BCUT2D eigenvalue weighted by atomic mass is 9.62. The summed E-state index contributed by atoms with van der Waals surface area (Å²) in [6, 6.07) is 0. The fourth-order valence-corrected chi connectivity index (χ4v) is 2.05. The summed E-state index contributed by atoms with van der Waals surface area (Å²) in [6.45, 7) is 0.646. The van der Waals surface area contributed by atoms with Crippen LogP contribution < -0.4 is 0 Å². The van der Waals surface area contributed by atoms with Crippen molar-refractivity contribution in [2.75, 3.05) is 6.61 Å². The van der Waals surface area contributed by atoms with E-state index in [1.807, 2.05) is 0 Å². The van der Waals surface area contributed by atoms with E-state index in [1.165, 1.54) is 6.26 Å². The van der Waals surface area contributed by atoms with Crippen molar-refractivity contribution in [3.63, 3.8) is 0 Å². The summed E-state index contributed by atoms with van der Waals surface area (Å²) in [5.74, 6) is -0.868. The quantitative estimate of drug-likeness (QED) is 0.718. The Morgan fingerprint density at radius 2 is 2.21 bits per heavy atom. The second-order valence-corrected chi connectivity index (χ2v) is 3.90. The molecule has 2 aliphatic rings. The number of carboxylic acids is 1. The van der Waals surface area contributed by atoms with Crippen LogP contribution in [0.4, 0.5) is 0 Å². The maximum absolute atomic E-state index is 11.1. The number of carboxylic acid groups (broad SMARTS) is 1. The molecule has 0 unspecified atom stereocenters. The van der Waals surface area contributed by atoms with Crippen LogP contribution >= 0.6 is 0 Å². The molecule has 0 aromatic heterocycles. The summed E-state index contributed by atoms with van der Waals surface area (Å²) in [5, 5.41) is 9.11. The lowest BCUT2D eigenvalue weighted by Crippen LogP contribution is -2.46. The molecule has 76 valence electrons. The lowest BCUT2D eigenvalue weighted by Gasteiger charge is -2.39. The Morgan fingerprint density at radius 1 is 1.50 bits per heavy atom. The van der Waals surface area contributed by atoms with E-state index in [0.717, 1.165) is 18.4 Å². The van der Waals surface area contributed by atoms with Crippen molar-refractivity contribution in [3.05, 3.63) is 11.8 Å². The molecule has 1 heterocycles. The largest absolute Gasteiger partial charge is 0.501 e. The third kappa shape index (κ3) is 1.22. The van der Waals surface area contributed by atoms with Gasteiger partial charge in [-0.05, 0) is 18.4 Å². The number of carbonyl (C=O) groups is 2. The normalized spacial score (nSPS) is 24.6. The van der Waals surface area contributed by atoms with Crippen LogP contribution in [-0.2, 0) is 14.3 Å². The first-order valence-electron chi connectivity index (χ1n) is 4.71. The van der Waals surface area contributed by atoms with Gasteiger partial charge in [0.15, 0.2) is 0 Å². The number of hydrogen-bond donors (Lipinski definition) is 1. The molecule has 0 atom stereocenters. The fourth-order valence-electron chi connectivity index (χ4n) is 2.05. The molecule has 14 heavy (non-hydrogen) atoms. The first kappa shape index (κ1) is 9.24. The maximum atomic E-state index is 11.1. The molecule has 1 N–H and O–H groups in total. The average Bonchev–Trinajstić information content (AvgIpc) is 2.13. The van der Waals surface area contributed by atoms with Gasteiger partial charge < -0.3 is 9.84 Å². The van der Waals surface area contributed by atoms with Crippen molar-refractivity contribution in [1.29, 1.82) is 0 Å². The molecule has 2 rings (SSSR count). The molecule has 1 aliphatic carbocycles. The molecule has 1 saturated carbocycles. The zero-order valence-electron chi connectivity index (χ0n) is 7.78. The molecule has 4 nitrogen and oxygen atoms in total. The molecule has 1 fully saturated rings. The van der Waals surface area contributed by atoms with Gasteiger partial charge in [-0.3, -0.25) is 9.59 Å². The Labute approximate surface area is 81.6 Å². The second-order valence-electron chi connectivity index (χ2n) is 3.90. The van der Waals surface area contributed by atoms with Crippen LogP contribution in [-0.4, -0.2) is 23.5 Å². The summed E-state index contributed by atoms with van der Waals surface area (Å²) >= 11 is 0. The van der Waals surface area contributed by atoms with E-state index in [2.05, 4.69) is 0 Å². The van der Waals surface area contributed by atoms with Crippen molar-refractivity contribution in [1.82, 2.24) is 0 Å². The van der Waals surface area contributed by atoms with Crippen LogP contribution in [0, 0.1) is 5.41 Å². The molecular formula is C10H12O4. The number of ether oxygens (including phenoxy) is 1. The van der Waals surface area contributed by atoms with Crippen LogP contribution in [0.2, 0.25) is 0 Å². The number of rotatable bonds is 2. The predicted octanol–water partition coefficient (Wildman–Crippen LogP) is 1.11. The fraction of sp³-hybridized carbons (Fsp3) is 0.600. The Bertz CT molecular complexity index is 308. The van der Waals surface area contributed by atoms with Crippen molar-refractivity contribution in [2.45, 2.75) is 25.7 Å². The van der Waals surface area contributed by atoms with Gasteiger partial charge in [-0.15, -0.1) is 0 Å². The van der Waals surface area contributed by atoms with Crippen molar-refractivity contribution >= 4 is 11.8 Å². The van der Waals surface area contributed by atoms with E-state index in [9.17, 15) is 9.59 Å². The minimum Gasteiger partial charge on any atom is -0.501 e. The molecule has 0 bridgehead atoms. The van der Waals surface area contributed by atoms with Crippen LogP contribution in [0.5, 0.6) is 0 Å². The maximum Gasteiger partial charge on any atom is 0.314 e. The molecule has 0 radical (unpaired) electrons. The van der Waals surface area contributed by atoms with Gasteiger partial charge >= 0.3 is 5.97 Å². The van der Waals surface area contributed by atoms with Crippen molar-refractivity contribution in [2.24, 2.45) is 5.41 Å². The Morgan fingerprint density at radius 3 is 2.64 bits per heavy atom. The van der Waals surface area contributed by atoms with Gasteiger partial charge in [0.25, 0.3) is 0 Å². The van der Waals surface area contributed by atoms with Crippen LogP contribution in [0.25, 0.3) is 0 Å². The highest BCUT2D eigenvalue weighted by Gasteiger charge is 2.53. The molecule has 4 heteroatoms. The molecule has 0 aromatic carbocycles. The van der Waals surface area contributed by atoms with E-state index >= 15 is 0 Å². The summed E-state index contributed by atoms with van der Waals surface area (Å²) in [5.41, 5.74) is -0.159. The van der Waals surface area contributed by atoms with E-state index < -0.39 is 11.4 Å². The van der Waals surface area contributed by atoms with Gasteiger partial charge in [0.2, 0.25) is 0 Å². The van der Waals surface area contributed by atoms with Gasteiger partial charge in [-0.1, -0.05) is 0 Å². The summed E-state index contributed by atoms with van der Waals surface area (Å²) < 4.78 is 5.11. The van der Waals surface area contributed by atoms with Crippen LogP contribution in [0.1, 0.15) is 25.7 Å². The minimum absolute atomic E-state index is 0.0267. The topological polar surface area (TPSA) is 63.6 Å². The van der Waals surface area contributed by atoms with E-state index in [-0.39, 0.29) is 18.6 Å². The number of ketones is 1. The average molecular weight is 196 g/mol. The Kier molecular flexibility index (Phi) is 2.06. The standard InChI is InChI=1S/C10H12O4/c11-8-4-10(5-8,9(12)13)7-2-1-3-14-6-7/h6H,1-5H2,(H,12,13). The van der Waals surface area contributed by atoms with Crippen molar-refractivity contribution in [3.8, 4) is 0 Å². The molecule has 0 amide bonds.